The van der Waals surface area contributed by atoms with Gasteiger partial charge in [0.1, 0.15) is 5.82 Å². The lowest BCUT2D eigenvalue weighted by Crippen LogP contribution is -2.46. The number of carbonyl (C=O) groups excluding carboxylic acids is 1. The molecule has 1 aliphatic rings. The molecule has 1 radical (unpaired) electrons. The summed E-state index contributed by atoms with van der Waals surface area (Å²) >= 11 is 0. The number of halogens is 1. The molecule has 29 heavy (non-hydrogen) atoms. The molecule has 0 saturated carbocycles. The Morgan fingerprint density at radius 2 is 1.97 bits per heavy atom. The number of aromatic nitrogens is 2. The number of amides is 1. The number of nitrogens with one attached hydrogen (secondary N) is 1. The van der Waals surface area contributed by atoms with Crippen LogP contribution in [0.3, 0.4) is 0 Å². The van der Waals surface area contributed by atoms with Gasteiger partial charge in [-0.15, -0.1) is 0 Å². The molecule has 0 bridgehead atoms. The van der Waals surface area contributed by atoms with Crippen molar-refractivity contribution in [3.05, 3.63) is 101 Å². The smallest absolute Gasteiger partial charge is 0.257 e. The van der Waals surface area contributed by atoms with Crippen LogP contribution in [0.2, 0.25) is 0 Å². The third kappa shape index (κ3) is 2.49. The largest absolute Gasteiger partial charge is 0.363 e. The van der Waals surface area contributed by atoms with Gasteiger partial charge in [0.05, 0.1) is 17.1 Å². The van der Waals surface area contributed by atoms with Crippen molar-refractivity contribution in [2.24, 2.45) is 0 Å². The minimum atomic E-state index is -1.72. The molecule has 1 aromatic heterocycles. The number of aromatic amines is 1. The lowest BCUT2D eigenvalue weighted by atomic mass is 9.92. The van der Waals surface area contributed by atoms with Gasteiger partial charge in [0.25, 0.3) is 5.91 Å². The van der Waals surface area contributed by atoms with Crippen molar-refractivity contribution < 1.29 is 14.3 Å². The highest BCUT2D eigenvalue weighted by Crippen LogP contribution is 2.46. The van der Waals surface area contributed by atoms with Crippen molar-refractivity contribution in [3.63, 3.8) is 0 Å². The molecule has 2 heterocycles. The van der Waals surface area contributed by atoms with Gasteiger partial charge in [-0.05, 0) is 42.8 Å². The SMILES string of the molecule is CC(c1cccc(F)c1)N1C(=O)c2ccccc2C1(O)c1ccc2[nH][c]nc2c1. The van der Waals surface area contributed by atoms with E-state index in [1.165, 1.54) is 17.0 Å². The molecule has 2 N–H and O–H groups in total. The number of carbonyl (C=O) groups is 1. The lowest BCUT2D eigenvalue weighted by Gasteiger charge is -2.39. The number of H-pyrrole nitrogens is 1. The van der Waals surface area contributed by atoms with E-state index in [1.807, 2.05) is 0 Å². The molecule has 3 aromatic carbocycles. The molecule has 143 valence electrons. The van der Waals surface area contributed by atoms with E-state index in [2.05, 4.69) is 16.3 Å². The Balaban J connectivity index is 1.73. The Morgan fingerprint density at radius 3 is 2.79 bits per heavy atom. The third-order valence-electron chi connectivity index (χ3n) is 5.59. The molecule has 6 heteroatoms. The Bertz CT molecular complexity index is 1250. The van der Waals surface area contributed by atoms with Gasteiger partial charge in [0.15, 0.2) is 12.1 Å². The fourth-order valence-electron chi connectivity index (χ4n) is 4.14. The van der Waals surface area contributed by atoms with Crippen LogP contribution in [-0.2, 0) is 5.72 Å². The standard InChI is InChI=1S/C23H17FN3O2/c1-14(15-5-4-6-17(24)11-15)27-22(28)18-7-2-3-8-19(18)23(27,29)16-9-10-20-21(12-16)26-13-25-20/h2-12,14,29H,1H3,(H,25,26). The van der Waals surface area contributed by atoms with E-state index in [9.17, 15) is 14.3 Å². The first-order valence-corrected chi connectivity index (χ1v) is 9.27. The lowest BCUT2D eigenvalue weighted by molar-refractivity contribution is -0.0677. The zero-order valence-corrected chi connectivity index (χ0v) is 15.6. The number of hydrogen-bond donors (Lipinski definition) is 2. The summed E-state index contributed by atoms with van der Waals surface area (Å²) in [6.45, 7) is 1.78. The Morgan fingerprint density at radius 1 is 1.14 bits per heavy atom. The first-order valence-electron chi connectivity index (χ1n) is 9.27. The number of imidazole rings is 1. The molecular formula is C23H17FN3O2. The van der Waals surface area contributed by atoms with Crippen LogP contribution in [0.1, 0.15) is 40.0 Å². The predicted molar refractivity (Wildman–Crippen MR) is 105 cm³/mol. The number of nitrogens with zero attached hydrogens (tertiary/aromatic N) is 2. The predicted octanol–water partition coefficient (Wildman–Crippen LogP) is 3.91. The maximum absolute atomic E-state index is 13.8. The normalized spacial score (nSPS) is 19.6. The summed E-state index contributed by atoms with van der Waals surface area (Å²) < 4.78 is 13.8. The number of aliphatic hydroxyl groups is 1. The maximum atomic E-state index is 13.8. The second-order valence-corrected chi connectivity index (χ2v) is 7.20. The quantitative estimate of drug-likeness (QED) is 0.561. The molecule has 0 aliphatic carbocycles. The summed E-state index contributed by atoms with van der Waals surface area (Å²) in [6.07, 6.45) is 2.68. The van der Waals surface area contributed by atoms with Crippen LogP contribution in [0.15, 0.2) is 66.7 Å². The van der Waals surface area contributed by atoms with Crippen LogP contribution >= 0.6 is 0 Å². The van der Waals surface area contributed by atoms with Crippen molar-refractivity contribution in [1.29, 1.82) is 0 Å². The highest BCUT2D eigenvalue weighted by atomic mass is 19.1. The van der Waals surface area contributed by atoms with Gasteiger partial charge in [-0.25, -0.2) is 9.37 Å². The maximum Gasteiger partial charge on any atom is 0.257 e. The zero-order chi connectivity index (χ0) is 20.2. The van der Waals surface area contributed by atoms with Gasteiger partial charge < -0.3 is 10.1 Å². The van der Waals surface area contributed by atoms with E-state index >= 15 is 0 Å². The number of benzene rings is 3. The second kappa shape index (κ2) is 6.25. The Kier molecular flexibility index (Phi) is 3.79. The van der Waals surface area contributed by atoms with Gasteiger partial charge in [0, 0.05) is 16.7 Å². The van der Waals surface area contributed by atoms with E-state index in [-0.39, 0.29) is 5.91 Å². The Hall–Kier alpha value is -3.51. The first-order chi connectivity index (χ1) is 14.0. The number of rotatable bonds is 3. The number of fused-ring (bicyclic) bond motifs is 2. The van der Waals surface area contributed by atoms with Gasteiger partial charge in [-0.1, -0.05) is 36.4 Å². The molecule has 0 spiro atoms. The van der Waals surface area contributed by atoms with Gasteiger partial charge >= 0.3 is 0 Å². The molecule has 5 rings (SSSR count). The average molecular weight is 386 g/mol. The van der Waals surface area contributed by atoms with Crippen molar-refractivity contribution >= 4 is 16.9 Å². The zero-order valence-electron chi connectivity index (χ0n) is 15.6. The van der Waals surface area contributed by atoms with Gasteiger partial charge in [-0.3, -0.25) is 9.69 Å². The fourth-order valence-corrected chi connectivity index (χ4v) is 4.14. The summed E-state index contributed by atoms with van der Waals surface area (Å²) in [4.78, 5) is 21.8. The monoisotopic (exact) mass is 386 g/mol. The van der Waals surface area contributed by atoms with E-state index < -0.39 is 17.6 Å². The van der Waals surface area contributed by atoms with Crippen LogP contribution < -0.4 is 0 Å². The van der Waals surface area contributed by atoms with Crippen molar-refractivity contribution in [2.45, 2.75) is 18.7 Å². The fraction of sp³-hybridized carbons (Fsp3) is 0.130. The average Bonchev–Trinajstić information content (AvgIpc) is 3.29. The van der Waals surface area contributed by atoms with Crippen LogP contribution in [0.5, 0.6) is 0 Å². The van der Waals surface area contributed by atoms with E-state index in [0.29, 0.717) is 27.8 Å². The van der Waals surface area contributed by atoms with Gasteiger partial charge in [-0.2, -0.15) is 0 Å². The molecule has 0 saturated heterocycles. The summed E-state index contributed by atoms with van der Waals surface area (Å²) in [6, 6.07) is 17.8. The topological polar surface area (TPSA) is 69.2 Å². The number of hydrogen-bond acceptors (Lipinski definition) is 3. The van der Waals surface area contributed by atoms with Crippen molar-refractivity contribution in [3.8, 4) is 0 Å². The second-order valence-electron chi connectivity index (χ2n) is 7.20. The highest BCUT2D eigenvalue weighted by Gasteiger charge is 2.52. The summed E-state index contributed by atoms with van der Waals surface area (Å²) in [5, 5.41) is 12.0. The molecule has 1 amide bonds. The van der Waals surface area contributed by atoms with Crippen LogP contribution in [0.4, 0.5) is 4.39 Å². The van der Waals surface area contributed by atoms with Gasteiger partial charge in [0.2, 0.25) is 0 Å². The molecule has 0 fully saturated rings. The van der Waals surface area contributed by atoms with E-state index in [4.69, 9.17) is 0 Å². The minimum absolute atomic E-state index is 0.312. The summed E-state index contributed by atoms with van der Waals surface area (Å²) in [5.41, 5.74) is 1.71. The molecule has 2 atom stereocenters. The third-order valence-corrected chi connectivity index (χ3v) is 5.59. The first kappa shape index (κ1) is 17.6. The highest BCUT2D eigenvalue weighted by molar-refractivity contribution is 6.00. The van der Waals surface area contributed by atoms with Crippen molar-refractivity contribution in [2.75, 3.05) is 0 Å². The van der Waals surface area contributed by atoms with Crippen LogP contribution in [0.25, 0.3) is 11.0 Å². The molecular weight excluding hydrogens is 369 g/mol. The summed E-state index contributed by atoms with van der Waals surface area (Å²) in [5.74, 6) is -0.705. The molecule has 1 aliphatic heterocycles. The van der Waals surface area contributed by atoms with Crippen molar-refractivity contribution in [1.82, 2.24) is 14.9 Å². The molecule has 4 aromatic rings. The van der Waals surface area contributed by atoms with E-state index in [0.717, 1.165) is 5.52 Å². The van der Waals surface area contributed by atoms with E-state index in [1.54, 1.807) is 61.5 Å². The summed E-state index contributed by atoms with van der Waals surface area (Å²) in [7, 11) is 0. The minimum Gasteiger partial charge on any atom is -0.363 e. The molecule has 2 unspecified atom stereocenters. The Labute approximate surface area is 166 Å². The molecule has 5 nitrogen and oxygen atoms in total. The van der Waals surface area contributed by atoms with Crippen LogP contribution in [-0.4, -0.2) is 25.9 Å². The van der Waals surface area contributed by atoms with Crippen LogP contribution in [0, 0.1) is 12.1 Å².